The predicted octanol–water partition coefficient (Wildman–Crippen LogP) is 4.61. The van der Waals surface area contributed by atoms with Crippen LogP contribution in [0.25, 0.3) is 0 Å². The maximum Gasteiger partial charge on any atom is 0.336 e. The van der Waals surface area contributed by atoms with Gasteiger partial charge in [0.05, 0.1) is 5.56 Å². The largest absolute Gasteiger partial charge is 0.478 e. The molecule has 0 aromatic heterocycles. The van der Waals surface area contributed by atoms with E-state index in [1.54, 1.807) is 11.8 Å². The van der Waals surface area contributed by atoms with E-state index in [4.69, 9.17) is 16.7 Å². The molecule has 0 unspecified atom stereocenters. The summed E-state index contributed by atoms with van der Waals surface area (Å²) in [4.78, 5) is 11.1. The molecule has 104 valence electrons. The zero-order chi connectivity index (χ0) is 14.5. The van der Waals surface area contributed by atoms with E-state index >= 15 is 0 Å². The fraction of sp³-hybridized carbons (Fsp3) is 0.133. The van der Waals surface area contributed by atoms with E-state index in [2.05, 4.69) is 0 Å². The molecule has 2 aromatic carbocycles. The van der Waals surface area contributed by atoms with Gasteiger partial charge in [0.1, 0.15) is 5.82 Å². The van der Waals surface area contributed by atoms with E-state index in [1.165, 1.54) is 12.1 Å². The van der Waals surface area contributed by atoms with Gasteiger partial charge >= 0.3 is 5.97 Å². The van der Waals surface area contributed by atoms with Gasteiger partial charge in [-0.2, -0.15) is 11.8 Å². The number of halogens is 2. The van der Waals surface area contributed by atoms with Gasteiger partial charge in [-0.05, 0) is 35.4 Å². The van der Waals surface area contributed by atoms with Crippen molar-refractivity contribution < 1.29 is 14.3 Å². The van der Waals surface area contributed by atoms with Gasteiger partial charge in [-0.3, -0.25) is 0 Å². The Morgan fingerprint density at radius 1 is 1.15 bits per heavy atom. The molecule has 0 saturated carbocycles. The quantitative estimate of drug-likeness (QED) is 0.876. The summed E-state index contributed by atoms with van der Waals surface area (Å²) >= 11 is 7.38. The minimum Gasteiger partial charge on any atom is -0.478 e. The summed E-state index contributed by atoms with van der Waals surface area (Å²) in [5.74, 6) is -0.376. The van der Waals surface area contributed by atoms with Crippen LogP contribution in [0.5, 0.6) is 0 Å². The molecule has 5 heteroatoms. The third kappa shape index (κ3) is 3.99. The van der Waals surface area contributed by atoms with Gasteiger partial charge in [0, 0.05) is 16.5 Å². The zero-order valence-electron chi connectivity index (χ0n) is 10.5. The molecule has 0 bridgehead atoms. The van der Waals surface area contributed by atoms with Crippen molar-refractivity contribution in [3.8, 4) is 0 Å². The van der Waals surface area contributed by atoms with Crippen molar-refractivity contribution in [3.63, 3.8) is 0 Å². The molecule has 0 atom stereocenters. The first-order valence-corrected chi connectivity index (χ1v) is 7.43. The molecule has 2 aromatic rings. The van der Waals surface area contributed by atoms with Crippen LogP contribution in [0.3, 0.4) is 0 Å². The minimum atomic E-state index is -1.11. The van der Waals surface area contributed by atoms with Crippen molar-refractivity contribution in [2.24, 2.45) is 0 Å². The van der Waals surface area contributed by atoms with Crippen LogP contribution in [0.2, 0.25) is 5.02 Å². The summed E-state index contributed by atoms with van der Waals surface area (Å²) in [7, 11) is 0. The Bertz CT molecular complexity index is 614. The lowest BCUT2D eigenvalue weighted by Crippen LogP contribution is -2.02. The number of carboxylic acids is 1. The second-order valence-electron chi connectivity index (χ2n) is 4.23. The molecular weight excluding hydrogens is 299 g/mol. The number of hydrogen-bond donors (Lipinski definition) is 1. The molecule has 0 aliphatic heterocycles. The monoisotopic (exact) mass is 310 g/mol. The highest BCUT2D eigenvalue weighted by molar-refractivity contribution is 7.97. The normalized spacial score (nSPS) is 10.5. The topological polar surface area (TPSA) is 37.3 Å². The second-order valence-corrected chi connectivity index (χ2v) is 5.65. The van der Waals surface area contributed by atoms with Crippen LogP contribution >= 0.6 is 23.4 Å². The van der Waals surface area contributed by atoms with E-state index in [0.29, 0.717) is 16.3 Å². The maximum atomic E-state index is 13.0. The summed E-state index contributed by atoms with van der Waals surface area (Å²) in [6.45, 7) is 0. The molecule has 20 heavy (non-hydrogen) atoms. The third-order valence-corrected chi connectivity index (χ3v) is 4.05. The first-order chi connectivity index (χ1) is 9.56. The summed E-state index contributed by atoms with van der Waals surface area (Å²) in [5.41, 5.74) is 1.75. The van der Waals surface area contributed by atoms with Gasteiger partial charge in [-0.25, -0.2) is 9.18 Å². The van der Waals surface area contributed by atoms with Crippen LogP contribution in [0.15, 0.2) is 42.5 Å². The van der Waals surface area contributed by atoms with Crippen molar-refractivity contribution >= 4 is 29.3 Å². The van der Waals surface area contributed by atoms with E-state index < -0.39 is 11.8 Å². The van der Waals surface area contributed by atoms with Crippen LogP contribution in [0.1, 0.15) is 21.5 Å². The number of benzene rings is 2. The molecule has 0 heterocycles. The van der Waals surface area contributed by atoms with Crippen LogP contribution in [-0.4, -0.2) is 11.1 Å². The molecule has 0 aliphatic rings. The standard InChI is InChI=1S/C15H12ClFO2S/c16-12-4-1-10(2-5-12)8-20-9-11-3-6-13(17)7-14(11)15(18)19/h1-7H,8-9H2,(H,18,19). The average molecular weight is 311 g/mol. The molecule has 0 radical (unpaired) electrons. The lowest BCUT2D eigenvalue weighted by Gasteiger charge is -2.06. The third-order valence-electron chi connectivity index (χ3n) is 2.74. The molecule has 0 fully saturated rings. The smallest absolute Gasteiger partial charge is 0.336 e. The fourth-order valence-corrected chi connectivity index (χ4v) is 2.86. The number of hydrogen-bond acceptors (Lipinski definition) is 2. The van der Waals surface area contributed by atoms with Gasteiger partial charge in [0.15, 0.2) is 0 Å². The SMILES string of the molecule is O=C(O)c1cc(F)ccc1CSCc1ccc(Cl)cc1. The maximum absolute atomic E-state index is 13.0. The zero-order valence-corrected chi connectivity index (χ0v) is 12.0. The molecule has 0 aliphatic carbocycles. The van der Waals surface area contributed by atoms with E-state index in [1.807, 2.05) is 24.3 Å². The number of carboxylic acid groups (broad SMARTS) is 1. The molecule has 2 rings (SSSR count). The van der Waals surface area contributed by atoms with Crippen molar-refractivity contribution in [2.75, 3.05) is 0 Å². The highest BCUT2D eigenvalue weighted by atomic mass is 35.5. The van der Waals surface area contributed by atoms with Gasteiger partial charge < -0.3 is 5.11 Å². The highest BCUT2D eigenvalue weighted by Crippen LogP contribution is 2.22. The Morgan fingerprint density at radius 2 is 1.85 bits per heavy atom. The second kappa shape index (κ2) is 6.77. The Kier molecular flexibility index (Phi) is 5.04. The van der Waals surface area contributed by atoms with Crippen LogP contribution in [0, 0.1) is 5.82 Å². The predicted molar refractivity (Wildman–Crippen MR) is 79.8 cm³/mol. The molecule has 2 nitrogen and oxygen atoms in total. The fourth-order valence-electron chi connectivity index (χ4n) is 1.73. The molecule has 0 amide bonds. The average Bonchev–Trinajstić information content (AvgIpc) is 2.42. The number of aromatic carboxylic acids is 1. The summed E-state index contributed by atoms with van der Waals surface area (Å²) in [5, 5.41) is 9.73. The number of carbonyl (C=O) groups is 1. The van der Waals surface area contributed by atoms with E-state index in [9.17, 15) is 9.18 Å². The first-order valence-electron chi connectivity index (χ1n) is 5.90. The van der Waals surface area contributed by atoms with Crippen LogP contribution < -0.4 is 0 Å². The summed E-state index contributed by atoms with van der Waals surface area (Å²) in [6.07, 6.45) is 0. The van der Waals surface area contributed by atoms with Crippen molar-refractivity contribution in [3.05, 3.63) is 70.0 Å². The minimum absolute atomic E-state index is 0.0219. The summed E-state index contributed by atoms with van der Waals surface area (Å²) < 4.78 is 13.0. The van der Waals surface area contributed by atoms with Gasteiger partial charge in [0.2, 0.25) is 0 Å². The first kappa shape index (κ1) is 14.9. The number of thioether (sulfide) groups is 1. The number of rotatable bonds is 5. The lowest BCUT2D eigenvalue weighted by atomic mass is 10.1. The summed E-state index contributed by atoms with van der Waals surface area (Å²) in [6, 6.07) is 11.4. The van der Waals surface area contributed by atoms with Gasteiger partial charge in [0.25, 0.3) is 0 Å². The van der Waals surface area contributed by atoms with Crippen molar-refractivity contribution in [2.45, 2.75) is 11.5 Å². The molecule has 0 spiro atoms. The lowest BCUT2D eigenvalue weighted by molar-refractivity contribution is 0.0695. The van der Waals surface area contributed by atoms with Crippen LogP contribution in [0.4, 0.5) is 4.39 Å². The van der Waals surface area contributed by atoms with Gasteiger partial charge in [-0.15, -0.1) is 0 Å². The van der Waals surface area contributed by atoms with Crippen LogP contribution in [-0.2, 0) is 11.5 Å². The Labute approximate surface area is 125 Å². The van der Waals surface area contributed by atoms with Gasteiger partial charge in [-0.1, -0.05) is 29.8 Å². The molecular formula is C15H12ClFO2S. The Hall–Kier alpha value is -1.52. The van der Waals surface area contributed by atoms with Crippen molar-refractivity contribution in [1.82, 2.24) is 0 Å². The van der Waals surface area contributed by atoms with E-state index in [0.717, 1.165) is 17.4 Å². The molecule has 1 N–H and O–H groups in total. The Balaban J connectivity index is 2.00. The highest BCUT2D eigenvalue weighted by Gasteiger charge is 2.11. The van der Waals surface area contributed by atoms with E-state index in [-0.39, 0.29) is 5.56 Å². The molecule has 0 saturated heterocycles. The van der Waals surface area contributed by atoms with Crippen molar-refractivity contribution in [1.29, 1.82) is 0 Å². The Morgan fingerprint density at radius 3 is 2.50 bits per heavy atom.